The minimum Gasteiger partial charge on any atom is -0.481 e. The SMILES string of the molecule is O=C(O)CCc1cc(F)c(OCc2c(C(F)(F)F)ccn2-c2ccc(F)cc2)c(F)c1. The smallest absolute Gasteiger partial charge is 0.418 e. The molecule has 0 aliphatic heterocycles. The second kappa shape index (κ2) is 8.75. The van der Waals surface area contributed by atoms with E-state index >= 15 is 0 Å². The summed E-state index contributed by atoms with van der Waals surface area (Å²) in [6.07, 6.45) is -4.15. The first-order chi connectivity index (χ1) is 14.6. The van der Waals surface area contributed by atoms with E-state index in [1.807, 2.05) is 0 Å². The van der Waals surface area contributed by atoms with Crippen molar-refractivity contribution in [3.05, 3.63) is 82.9 Å². The molecule has 31 heavy (non-hydrogen) atoms. The molecule has 4 nitrogen and oxygen atoms in total. The molecule has 0 unspecified atom stereocenters. The molecule has 0 fully saturated rings. The number of carboxylic acids is 1. The Hall–Kier alpha value is -3.43. The third kappa shape index (κ3) is 5.19. The number of hydrogen-bond acceptors (Lipinski definition) is 2. The van der Waals surface area contributed by atoms with Gasteiger partial charge in [0.1, 0.15) is 12.4 Å². The second-order valence-corrected chi connectivity index (χ2v) is 6.59. The maximum absolute atomic E-state index is 14.3. The highest BCUT2D eigenvalue weighted by atomic mass is 19.4. The van der Waals surface area contributed by atoms with Gasteiger partial charge in [-0.3, -0.25) is 4.79 Å². The van der Waals surface area contributed by atoms with Gasteiger partial charge in [-0.1, -0.05) is 0 Å². The molecule has 0 radical (unpaired) electrons. The zero-order valence-corrected chi connectivity index (χ0v) is 15.7. The lowest BCUT2D eigenvalue weighted by Crippen LogP contribution is -2.13. The zero-order chi connectivity index (χ0) is 22.8. The number of rotatable bonds is 7. The maximum Gasteiger partial charge on any atom is 0.418 e. The van der Waals surface area contributed by atoms with Crippen molar-refractivity contribution in [2.75, 3.05) is 0 Å². The van der Waals surface area contributed by atoms with Crippen molar-refractivity contribution in [3.63, 3.8) is 0 Å². The quantitative estimate of drug-likeness (QED) is 0.490. The Morgan fingerprint density at radius 1 is 1.00 bits per heavy atom. The molecular weight excluding hydrogens is 428 g/mol. The predicted molar refractivity (Wildman–Crippen MR) is 97.4 cm³/mol. The second-order valence-electron chi connectivity index (χ2n) is 6.59. The Labute approximate surface area is 172 Å². The molecule has 0 spiro atoms. The standard InChI is InChI=1S/C21H15F6NO3/c22-13-2-4-14(5-3-13)28-8-7-15(21(25,26)27)18(28)11-31-20-16(23)9-12(10-17(20)24)1-6-19(29)30/h2-5,7-10H,1,6,11H2,(H,29,30). The molecule has 1 heterocycles. The van der Waals surface area contributed by atoms with Crippen LogP contribution in [0.15, 0.2) is 48.7 Å². The molecule has 0 saturated carbocycles. The number of halogens is 6. The molecule has 1 N–H and O–H groups in total. The van der Waals surface area contributed by atoms with E-state index in [4.69, 9.17) is 9.84 Å². The molecule has 2 aromatic carbocycles. The Kier molecular flexibility index (Phi) is 6.28. The monoisotopic (exact) mass is 443 g/mol. The molecule has 0 bridgehead atoms. The van der Waals surface area contributed by atoms with Crippen LogP contribution in [0.3, 0.4) is 0 Å². The number of aromatic nitrogens is 1. The normalized spacial score (nSPS) is 11.5. The largest absolute Gasteiger partial charge is 0.481 e. The number of alkyl halides is 3. The van der Waals surface area contributed by atoms with Crippen molar-refractivity contribution >= 4 is 5.97 Å². The van der Waals surface area contributed by atoms with Gasteiger partial charge in [0, 0.05) is 18.3 Å². The molecular formula is C21H15F6NO3. The summed E-state index contributed by atoms with van der Waals surface area (Å²) in [5.41, 5.74) is -1.25. The highest BCUT2D eigenvalue weighted by molar-refractivity contribution is 5.67. The third-order valence-corrected chi connectivity index (χ3v) is 4.44. The summed E-state index contributed by atoms with van der Waals surface area (Å²) in [4.78, 5) is 10.6. The summed E-state index contributed by atoms with van der Waals surface area (Å²) in [6, 6.07) is 7.12. The average Bonchev–Trinajstić information content (AvgIpc) is 3.10. The Morgan fingerprint density at radius 3 is 2.16 bits per heavy atom. The number of carbonyl (C=O) groups is 1. The van der Waals surface area contributed by atoms with Gasteiger partial charge in [-0.25, -0.2) is 13.2 Å². The molecule has 0 atom stereocenters. The summed E-state index contributed by atoms with van der Waals surface area (Å²) in [7, 11) is 0. The van der Waals surface area contributed by atoms with Crippen molar-refractivity contribution in [2.45, 2.75) is 25.6 Å². The molecule has 0 amide bonds. The number of aryl methyl sites for hydroxylation is 1. The predicted octanol–water partition coefficient (Wildman–Crippen LogP) is 5.51. The van der Waals surface area contributed by atoms with E-state index in [-0.39, 0.29) is 24.1 Å². The first kappa shape index (κ1) is 22.3. The van der Waals surface area contributed by atoms with Crippen molar-refractivity contribution in [1.29, 1.82) is 0 Å². The summed E-state index contributed by atoms with van der Waals surface area (Å²) in [5, 5.41) is 8.66. The number of aliphatic carboxylic acids is 1. The van der Waals surface area contributed by atoms with Crippen molar-refractivity contribution < 1.29 is 41.0 Å². The van der Waals surface area contributed by atoms with Gasteiger partial charge in [-0.05, 0) is 54.4 Å². The van der Waals surface area contributed by atoms with E-state index in [1.165, 1.54) is 12.1 Å². The molecule has 0 aliphatic rings. The fourth-order valence-corrected chi connectivity index (χ4v) is 3.00. The van der Waals surface area contributed by atoms with Crippen LogP contribution in [0, 0.1) is 17.5 Å². The van der Waals surface area contributed by atoms with Gasteiger partial charge in [0.05, 0.1) is 11.3 Å². The maximum atomic E-state index is 14.3. The average molecular weight is 443 g/mol. The van der Waals surface area contributed by atoms with Gasteiger partial charge >= 0.3 is 12.1 Å². The van der Waals surface area contributed by atoms with Gasteiger partial charge in [-0.2, -0.15) is 13.2 Å². The van der Waals surface area contributed by atoms with Crippen LogP contribution in [-0.2, 0) is 24.0 Å². The number of ether oxygens (including phenoxy) is 1. The van der Waals surface area contributed by atoms with Crippen LogP contribution >= 0.6 is 0 Å². The van der Waals surface area contributed by atoms with Crippen molar-refractivity contribution in [3.8, 4) is 11.4 Å². The molecule has 1 aromatic heterocycles. The van der Waals surface area contributed by atoms with Gasteiger partial charge in [0.2, 0.25) is 0 Å². The third-order valence-electron chi connectivity index (χ3n) is 4.44. The van der Waals surface area contributed by atoms with Crippen LogP contribution in [0.2, 0.25) is 0 Å². The minimum atomic E-state index is -4.76. The first-order valence-corrected chi connectivity index (χ1v) is 8.92. The van der Waals surface area contributed by atoms with E-state index in [1.54, 1.807) is 0 Å². The van der Waals surface area contributed by atoms with Crippen molar-refractivity contribution in [1.82, 2.24) is 4.57 Å². The van der Waals surface area contributed by atoms with E-state index in [2.05, 4.69) is 0 Å². The molecule has 3 rings (SSSR count). The van der Waals surface area contributed by atoms with Crippen LogP contribution in [0.25, 0.3) is 5.69 Å². The van der Waals surface area contributed by atoms with Gasteiger partial charge in [-0.15, -0.1) is 0 Å². The summed E-state index contributed by atoms with van der Waals surface area (Å²) in [5.74, 6) is -4.97. The lowest BCUT2D eigenvalue weighted by molar-refractivity contribution is -0.139. The number of benzene rings is 2. The van der Waals surface area contributed by atoms with E-state index in [9.17, 15) is 31.1 Å². The van der Waals surface area contributed by atoms with Crippen molar-refractivity contribution in [2.24, 2.45) is 0 Å². The van der Waals surface area contributed by atoms with E-state index in [0.717, 1.165) is 41.1 Å². The lowest BCUT2D eigenvalue weighted by atomic mass is 10.1. The zero-order valence-electron chi connectivity index (χ0n) is 15.7. The van der Waals surface area contributed by atoms with E-state index < -0.39 is 53.2 Å². The fourth-order valence-electron chi connectivity index (χ4n) is 3.00. The van der Waals surface area contributed by atoms with Crippen LogP contribution in [0.1, 0.15) is 23.2 Å². The molecule has 164 valence electrons. The molecule has 3 aromatic rings. The van der Waals surface area contributed by atoms with Crippen LogP contribution < -0.4 is 4.74 Å². The Bertz CT molecular complexity index is 1070. The molecule has 10 heteroatoms. The van der Waals surface area contributed by atoms with Crippen LogP contribution in [0.4, 0.5) is 26.3 Å². The highest BCUT2D eigenvalue weighted by Gasteiger charge is 2.36. The van der Waals surface area contributed by atoms with Gasteiger partial charge in [0.15, 0.2) is 17.4 Å². The van der Waals surface area contributed by atoms with E-state index in [0.29, 0.717) is 0 Å². The summed E-state index contributed by atoms with van der Waals surface area (Å²) in [6.45, 7) is -0.832. The van der Waals surface area contributed by atoms with Gasteiger partial charge in [0.25, 0.3) is 0 Å². The minimum absolute atomic E-state index is 0.0652. The summed E-state index contributed by atoms with van der Waals surface area (Å²) < 4.78 is 88.1. The topological polar surface area (TPSA) is 51.5 Å². The van der Waals surface area contributed by atoms with Crippen LogP contribution in [0.5, 0.6) is 5.75 Å². The number of nitrogens with zero attached hydrogens (tertiary/aromatic N) is 1. The number of hydrogen-bond donors (Lipinski definition) is 1. The number of carboxylic acid groups (broad SMARTS) is 1. The highest BCUT2D eigenvalue weighted by Crippen LogP contribution is 2.35. The summed E-state index contributed by atoms with van der Waals surface area (Å²) >= 11 is 0. The molecule has 0 saturated heterocycles. The van der Waals surface area contributed by atoms with Crippen LogP contribution in [-0.4, -0.2) is 15.6 Å². The Balaban J connectivity index is 1.91. The Morgan fingerprint density at radius 2 is 1.61 bits per heavy atom. The lowest BCUT2D eigenvalue weighted by Gasteiger charge is -2.15. The first-order valence-electron chi connectivity index (χ1n) is 8.92. The molecule has 0 aliphatic carbocycles. The van der Waals surface area contributed by atoms with Gasteiger partial charge < -0.3 is 14.4 Å². The fraction of sp³-hybridized carbons (Fsp3) is 0.190.